The van der Waals surface area contributed by atoms with Crippen LogP contribution in [0.25, 0.3) is 16.8 Å². The summed E-state index contributed by atoms with van der Waals surface area (Å²) in [5.74, 6) is 0. The third-order valence-corrected chi connectivity index (χ3v) is 2.64. The van der Waals surface area contributed by atoms with Gasteiger partial charge in [0.25, 0.3) is 0 Å². The Morgan fingerprint density at radius 3 is 2.60 bits per heavy atom. The van der Waals surface area contributed by atoms with Crippen molar-refractivity contribution in [2.75, 3.05) is 5.73 Å². The van der Waals surface area contributed by atoms with E-state index in [4.69, 9.17) is 5.73 Å². The van der Waals surface area contributed by atoms with E-state index in [-0.39, 0.29) is 0 Å². The van der Waals surface area contributed by atoms with Gasteiger partial charge in [0.2, 0.25) is 0 Å². The monoisotopic (exact) mass is 197 g/mol. The predicted molar refractivity (Wildman–Crippen MR) is 67.8 cm³/mol. The molecule has 0 aliphatic carbocycles. The Kier molecular flexibility index (Phi) is 2.46. The maximum absolute atomic E-state index is 5.81. The average Bonchev–Trinajstić information content (AvgIpc) is 2.23. The van der Waals surface area contributed by atoms with Crippen molar-refractivity contribution in [1.29, 1.82) is 0 Å². The Labute approximate surface area is 90.2 Å². The third-order valence-electron chi connectivity index (χ3n) is 2.64. The molecule has 0 atom stereocenters. The number of nitrogen functional groups attached to an aromatic ring is 1. The molecule has 0 heterocycles. The molecule has 0 bridgehead atoms. The van der Waals surface area contributed by atoms with Crippen molar-refractivity contribution in [3.05, 3.63) is 47.5 Å². The molecule has 1 nitrogen and oxygen atoms in total. The fraction of sp³-hybridized carbons (Fsp3) is 0.143. The van der Waals surface area contributed by atoms with Crippen molar-refractivity contribution in [2.24, 2.45) is 0 Å². The number of rotatable bonds is 1. The van der Waals surface area contributed by atoms with Crippen LogP contribution in [0.5, 0.6) is 0 Å². The molecule has 76 valence electrons. The number of benzene rings is 2. The van der Waals surface area contributed by atoms with E-state index >= 15 is 0 Å². The first-order valence-electron chi connectivity index (χ1n) is 5.14. The standard InChI is InChI=1S/C14H15N/c1-3-4-13-10(2)5-6-11-7-8-12(15)9-14(11)13/h3-9H,15H2,1-2H3/b4-3-. The van der Waals surface area contributed by atoms with E-state index in [9.17, 15) is 0 Å². The van der Waals surface area contributed by atoms with Crippen LogP contribution in [0.15, 0.2) is 36.4 Å². The maximum Gasteiger partial charge on any atom is 0.0320 e. The van der Waals surface area contributed by atoms with Crippen molar-refractivity contribution in [3.8, 4) is 0 Å². The van der Waals surface area contributed by atoms with Gasteiger partial charge in [-0.25, -0.2) is 0 Å². The van der Waals surface area contributed by atoms with Gasteiger partial charge in [0, 0.05) is 5.69 Å². The predicted octanol–water partition coefficient (Wildman–Crippen LogP) is 3.76. The molecule has 2 aromatic rings. The van der Waals surface area contributed by atoms with Crippen LogP contribution in [0.3, 0.4) is 0 Å². The van der Waals surface area contributed by atoms with E-state index in [0.717, 1.165) is 5.69 Å². The fourth-order valence-electron chi connectivity index (χ4n) is 1.86. The van der Waals surface area contributed by atoms with Crippen molar-refractivity contribution in [2.45, 2.75) is 13.8 Å². The van der Waals surface area contributed by atoms with Gasteiger partial charge >= 0.3 is 0 Å². The molecule has 0 saturated heterocycles. The van der Waals surface area contributed by atoms with Crippen molar-refractivity contribution in [1.82, 2.24) is 0 Å². The molecule has 0 aliphatic heterocycles. The molecular weight excluding hydrogens is 182 g/mol. The van der Waals surface area contributed by atoms with Crippen molar-refractivity contribution < 1.29 is 0 Å². The zero-order valence-electron chi connectivity index (χ0n) is 9.12. The second-order valence-electron chi connectivity index (χ2n) is 3.78. The molecule has 0 unspecified atom stereocenters. The van der Waals surface area contributed by atoms with E-state index in [0.29, 0.717) is 0 Å². The smallest absolute Gasteiger partial charge is 0.0320 e. The molecule has 2 rings (SSSR count). The molecule has 0 spiro atoms. The van der Waals surface area contributed by atoms with Gasteiger partial charge in [-0.05, 0) is 47.9 Å². The second kappa shape index (κ2) is 3.77. The quantitative estimate of drug-likeness (QED) is 0.692. The van der Waals surface area contributed by atoms with Crippen LogP contribution in [0, 0.1) is 6.92 Å². The molecule has 2 aromatic carbocycles. The fourth-order valence-corrected chi connectivity index (χ4v) is 1.86. The molecule has 0 fully saturated rings. The van der Waals surface area contributed by atoms with Gasteiger partial charge < -0.3 is 5.73 Å². The highest BCUT2D eigenvalue weighted by Gasteiger charge is 2.01. The van der Waals surface area contributed by atoms with Gasteiger partial charge in [0.1, 0.15) is 0 Å². The van der Waals surface area contributed by atoms with Gasteiger partial charge in [0.15, 0.2) is 0 Å². The van der Waals surface area contributed by atoms with Gasteiger partial charge in [0.05, 0.1) is 0 Å². The van der Waals surface area contributed by atoms with Gasteiger partial charge in [-0.3, -0.25) is 0 Å². The molecule has 1 heteroatoms. The number of fused-ring (bicyclic) bond motifs is 1. The molecular formula is C14H15N. The lowest BCUT2D eigenvalue weighted by Gasteiger charge is -2.07. The number of hydrogen-bond acceptors (Lipinski definition) is 1. The highest BCUT2D eigenvalue weighted by atomic mass is 14.5. The zero-order valence-corrected chi connectivity index (χ0v) is 9.12. The Bertz CT molecular complexity index is 519. The summed E-state index contributed by atoms with van der Waals surface area (Å²) < 4.78 is 0. The number of hydrogen-bond donors (Lipinski definition) is 1. The molecule has 0 amide bonds. The van der Waals surface area contributed by atoms with E-state index in [1.807, 2.05) is 19.1 Å². The van der Waals surface area contributed by atoms with Gasteiger partial charge in [-0.2, -0.15) is 0 Å². The number of allylic oxidation sites excluding steroid dienone is 1. The van der Waals surface area contributed by atoms with Crippen LogP contribution in [0.2, 0.25) is 0 Å². The normalized spacial score (nSPS) is 11.3. The first kappa shape index (κ1) is 9.78. The summed E-state index contributed by atoms with van der Waals surface area (Å²) in [5.41, 5.74) is 9.18. The summed E-state index contributed by atoms with van der Waals surface area (Å²) in [4.78, 5) is 0. The lowest BCUT2D eigenvalue weighted by molar-refractivity contribution is 1.47. The highest BCUT2D eigenvalue weighted by molar-refractivity contribution is 5.93. The van der Waals surface area contributed by atoms with Crippen LogP contribution in [0.1, 0.15) is 18.1 Å². The summed E-state index contributed by atoms with van der Waals surface area (Å²) >= 11 is 0. The van der Waals surface area contributed by atoms with Crippen LogP contribution in [-0.4, -0.2) is 0 Å². The summed E-state index contributed by atoms with van der Waals surface area (Å²) in [7, 11) is 0. The average molecular weight is 197 g/mol. The Morgan fingerprint density at radius 1 is 1.13 bits per heavy atom. The van der Waals surface area contributed by atoms with E-state index in [1.54, 1.807) is 0 Å². The summed E-state index contributed by atoms with van der Waals surface area (Å²) in [5, 5.41) is 2.47. The summed E-state index contributed by atoms with van der Waals surface area (Å²) in [6.07, 6.45) is 4.20. The Morgan fingerprint density at radius 2 is 1.87 bits per heavy atom. The second-order valence-corrected chi connectivity index (χ2v) is 3.78. The van der Waals surface area contributed by atoms with Crippen LogP contribution < -0.4 is 5.73 Å². The highest BCUT2D eigenvalue weighted by Crippen LogP contribution is 2.25. The summed E-state index contributed by atoms with van der Waals surface area (Å²) in [6.45, 7) is 4.16. The van der Waals surface area contributed by atoms with Gasteiger partial charge in [-0.15, -0.1) is 0 Å². The lowest BCUT2D eigenvalue weighted by Crippen LogP contribution is -1.88. The minimum Gasteiger partial charge on any atom is -0.399 e. The molecule has 0 radical (unpaired) electrons. The molecule has 0 saturated carbocycles. The first-order valence-corrected chi connectivity index (χ1v) is 5.14. The third kappa shape index (κ3) is 1.73. The van der Waals surface area contributed by atoms with Crippen LogP contribution in [0.4, 0.5) is 5.69 Å². The minimum atomic E-state index is 0.818. The lowest BCUT2D eigenvalue weighted by atomic mass is 9.99. The van der Waals surface area contributed by atoms with Crippen molar-refractivity contribution >= 4 is 22.5 Å². The summed E-state index contributed by atoms with van der Waals surface area (Å²) in [6, 6.07) is 10.3. The number of nitrogens with two attached hydrogens (primary N) is 1. The van der Waals surface area contributed by atoms with Crippen molar-refractivity contribution in [3.63, 3.8) is 0 Å². The van der Waals surface area contributed by atoms with E-state index < -0.39 is 0 Å². The minimum absolute atomic E-state index is 0.818. The van der Waals surface area contributed by atoms with Gasteiger partial charge in [-0.1, -0.05) is 30.4 Å². The maximum atomic E-state index is 5.81. The SMILES string of the molecule is C/C=C\c1c(C)ccc2ccc(N)cc12. The van der Waals surface area contributed by atoms with E-state index in [1.165, 1.54) is 21.9 Å². The molecule has 0 aromatic heterocycles. The number of aryl methyl sites for hydroxylation is 1. The first-order chi connectivity index (χ1) is 7.22. The Hall–Kier alpha value is -1.76. The Balaban J connectivity index is 2.84. The van der Waals surface area contributed by atoms with Crippen LogP contribution >= 0.6 is 0 Å². The molecule has 15 heavy (non-hydrogen) atoms. The van der Waals surface area contributed by atoms with Crippen LogP contribution in [-0.2, 0) is 0 Å². The molecule has 2 N–H and O–H groups in total. The zero-order chi connectivity index (χ0) is 10.8. The number of anilines is 1. The topological polar surface area (TPSA) is 26.0 Å². The largest absolute Gasteiger partial charge is 0.399 e. The molecule has 0 aliphatic rings. The van der Waals surface area contributed by atoms with E-state index in [2.05, 4.69) is 37.3 Å².